The highest BCUT2D eigenvalue weighted by atomic mass is 16.3. The maximum atomic E-state index is 10.1. The van der Waals surface area contributed by atoms with Gasteiger partial charge in [-0.3, -0.25) is 0 Å². The molecular formula is C17H25N3O. The first-order valence-corrected chi connectivity index (χ1v) is 7.45. The molecule has 1 aromatic carbocycles. The predicted molar refractivity (Wildman–Crippen MR) is 88.7 cm³/mol. The number of pyridine rings is 1. The lowest BCUT2D eigenvalue weighted by atomic mass is 10.1. The SMILES string of the molecule is CCN(CC(C)(C)O)c1nc2ccccc2cc1CNC. The van der Waals surface area contributed by atoms with Crippen LogP contribution in [0.1, 0.15) is 26.3 Å². The highest BCUT2D eigenvalue weighted by Crippen LogP contribution is 2.25. The van der Waals surface area contributed by atoms with Crippen LogP contribution in [0.4, 0.5) is 5.82 Å². The fourth-order valence-electron chi connectivity index (χ4n) is 2.55. The van der Waals surface area contributed by atoms with E-state index >= 15 is 0 Å². The number of nitrogens with one attached hydrogen (secondary N) is 1. The quantitative estimate of drug-likeness (QED) is 0.857. The van der Waals surface area contributed by atoms with Crippen LogP contribution in [0, 0.1) is 0 Å². The number of rotatable bonds is 6. The summed E-state index contributed by atoms with van der Waals surface area (Å²) in [5.41, 5.74) is 1.39. The monoisotopic (exact) mass is 287 g/mol. The predicted octanol–water partition coefficient (Wildman–Crippen LogP) is 2.55. The van der Waals surface area contributed by atoms with Crippen LogP contribution in [0.2, 0.25) is 0 Å². The van der Waals surface area contributed by atoms with Gasteiger partial charge in [-0.15, -0.1) is 0 Å². The molecule has 0 aliphatic heterocycles. The molecule has 0 aliphatic rings. The molecule has 0 fully saturated rings. The van der Waals surface area contributed by atoms with Crippen LogP contribution in [0.3, 0.4) is 0 Å². The van der Waals surface area contributed by atoms with Gasteiger partial charge in [0.05, 0.1) is 11.1 Å². The van der Waals surface area contributed by atoms with Crippen molar-refractivity contribution in [2.24, 2.45) is 0 Å². The zero-order chi connectivity index (χ0) is 15.5. The number of anilines is 1. The standard InChI is InChI=1S/C17H25N3O/c1-5-20(12-17(2,3)21)16-14(11-18-4)10-13-8-6-7-9-15(13)19-16/h6-10,18,21H,5,11-12H2,1-4H3. The van der Waals surface area contributed by atoms with Gasteiger partial charge < -0.3 is 15.3 Å². The molecule has 1 aromatic heterocycles. The van der Waals surface area contributed by atoms with E-state index in [-0.39, 0.29) is 0 Å². The molecular weight excluding hydrogens is 262 g/mol. The number of para-hydroxylation sites is 1. The van der Waals surface area contributed by atoms with Gasteiger partial charge in [-0.2, -0.15) is 0 Å². The summed E-state index contributed by atoms with van der Waals surface area (Å²) in [6.45, 7) is 7.88. The Morgan fingerprint density at radius 2 is 2.00 bits per heavy atom. The molecule has 21 heavy (non-hydrogen) atoms. The van der Waals surface area contributed by atoms with Gasteiger partial charge in [0, 0.05) is 30.6 Å². The van der Waals surface area contributed by atoms with Crippen molar-refractivity contribution >= 4 is 16.7 Å². The van der Waals surface area contributed by atoms with Crippen molar-refractivity contribution < 1.29 is 5.11 Å². The van der Waals surface area contributed by atoms with Gasteiger partial charge in [0.15, 0.2) is 0 Å². The first kappa shape index (κ1) is 15.7. The Balaban J connectivity index is 2.50. The maximum Gasteiger partial charge on any atom is 0.133 e. The fourth-order valence-corrected chi connectivity index (χ4v) is 2.55. The van der Waals surface area contributed by atoms with Gasteiger partial charge >= 0.3 is 0 Å². The number of hydrogen-bond donors (Lipinski definition) is 2. The number of benzene rings is 1. The zero-order valence-corrected chi connectivity index (χ0v) is 13.3. The van der Waals surface area contributed by atoms with Crippen molar-refractivity contribution in [2.45, 2.75) is 32.9 Å². The molecule has 2 rings (SSSR count). The van der Waals surface area contributed by atoms with E-state index in [1.165, 1.54) is 0 Å². The first-order chi connectivity index (χ1) is 9.94. The van der Waals surface area contributed by atoms with Crippen molar-refractivity contribution in [3.8, 4) is 0 Å². The summed E-state index contributed by atoms with van der Waals surface area (Å²) < 4.78 is 0. The number of aromatic nitrogens is 1. The van der Waals surface area contributed by atoms with Gasteiger partial charge in [-0.25, -0.2) is 4.98 Å². The average molecular weight is 287 g/mol. The smallest absolute Gasteiger partial charge is 0.133 e. The van der Waals surface area contributed by atoms with Crippen molar-refractivity contribution in [3.63, 3.8) is 0 Å². The van der Waals surface area contributed by atoms with E-state index in [9.17, 15) is 5.11 Å². The zero-order valence-electron chi connectivity index (χ0n) is 13.3. The fraction of sp³-hybridized carbons (Fsp3) is 0.471. The topological polar surface area (TPSA) is 48.4 Å². The minimum Gasteiger partial charge on any atom is -0.389 e. The van der Waals surface area contributed by atoms with Crippen LogP contribution in [0.15, 0.2) is 30.3 Å². The highest BCUT2D eigenvalue weighted by Gasteiger charge is 2.20. The lowest BCUT2D eigenvalue weighted by Gasteiger charge is -2.30. The third-order valence-corrected chi connectivity index (χ3v) is 3.41. The Morgan fingerprint density at radius 1 is 1.29 bits per heavy atom. The molecule has 0 unspecified atom stereocenters. The molecule has 1 heterocycles. The first-order valence-electron chi connectivity index (χ1n) is 7.45. The minimum absolute atomic E-state index is 0.561. The summed E-state index contributed by atoms with van der Waals surface area (Å²) in [5, 5.41) is 14.5. The Kier molecular flexibility index (Phi) is 4.80. The summed E-state index contributed by atoms with van der Waals surface area (Å²) in [6, 6.07) is 10.3. The Morgan fingerprint density at radius 3 is 2.62 bits per heavy atom. The summed E-state index contributed by atoms with van der Waals surface area (Å²) in [4.78, 5) is 6.96. The summed E-state index contributed by atoms with van der Waals surface area (Å²) >= 11 is 0. The largest absolute Gasteiger partial charge is 0.389 e. The number of fused-ring (bicyclic) bond motifs is 1. The summed E-state index contributed by atoms with van der Waals surface area (Å²) in [5.74, 6) is 0.952. The van der Waals surface area contributed by atoms with Crippen LogP contribution in [-0.4, -0.2) is 35.8 Å². The Hall–Kier alpha value is -1.65. The molecule has 0 aliphatic carbocycles. The molecule has 4 nitrogen and oxygen atoms in total. The molecule has 0 radical (unpaired) electrons. The highest BCUT2D eigenvalue weighted by molar-refractivity contribution is 5.81. The van der Waals surface area contributed by atoms with Crippen molar-refractivity contribution in [1.82, 2.24) is 10.3 Å². The second-order valence-electron chi connectivity index (χ2n) is 6.02. The van der Waals surface area contributed by atoms with Crippen LogP contribution in [-0.2, 0) is 6.54 Å². The molecule has 114 valence electrons. The number of nitrogens with zero attached hydrogens (tertiary/aromatic N) is 2. The summed E-state index contributed by atoms with van der Waals surface area (Å²) in [6.07, 6.45) is 0. The van der Waals surface area contributed by atoms with Crippen LogP contribution in [0.25, 0.3) is 10.9 Å². The Bertz CT molecular complexity index is 604. The van der Waals surface area contributed by atoms with Crippen LogP contribution in [0.5, 0.6) is 0 Å². The van der Waals surface area contributed by atoms with Gasteiger partial charge in [-0.05, 0) is 40.0 Å². The third kappa shape index (κ3) is 3.93. The van der Waals surface area contributed by atoms with E-state index in [0.717, 1.165) is 35.4 Å². The van der Waals surface area contributed by atoms with Gasteiger partial charge in [0.1, 0.15) is 5.82 Å². The summed E-state index contributed by atoms with van der Waals surface area (Å²) in [7, 11) is 1.94. The number of aliphatic hydroxyl groups is 1. The van der Waals surface area contributed by atoms with Crippen molar-refractivity contribution in [3.05, 3.63) is 35.9 Å². The molecule has 0 bridgehead atoms. The normalized spacial score (nSPS) is 11.9. The van der Waals surface area contributed by atoms with E-state index in [1.54, 1.807) is 0 Å². The van der Waals surface area contributed by atoms with E-state index in [2.05, 4.69) is 29.3 Å². The average Bonchev–Trinajstić information content (AvgIpc) is 2.43. The van der Waals surface area contributed by atoms with E-state index in [4.69, 9.17) is 4.98 Å². The second-order valence-corrected chi connectivity index (χ2v) is 6.02. The molecule has 0 saturated carbocycles. The molecule has 0 amide bonds. The molecule has 2 N–H and O–H groups in total. The van der Waals surface area contributed by atoms with E-state index < -0.39 is 5.60 Å². The number of likely N-dealkylation sites (N-methyl/N-ethyl adjacent to an activating group) is 1. The maximum absolute atomic E-state index is 10.1. The Labute approximate surface area is 126 Å². The third-order valence-electron chi connectivity index (χ3n) is 3.41. The van der Waals surface area contributed by atoms with Crippen molar-refractivity contribution in [2.75, 3.05) is 25.0 Å². The second kappa shape index (κ2) is 6.41. The van der Waals surface area contributed by atoms with Crippen LogP contribution < -0.4 is 10.2 Å². The van der Waals surface area contributed by atoms with Gasteiger partial charge in [0.25, 0.3) is 0 Å². The van der Waals surface area contributed by atoms with Gasteiger partial charge in [0.2, 0.25) is 0 Å². The van der Waals surface area contributed by atoms with Gasteiger partial charge in [-0.1, -0.05) is 18.2 Å². The van der Waals surface area contributed by atoms with E-state index in [0.29, 0.717) is 6.54 Å². The molecule has 4 heteroatoms. The lowest BCUT2D eigenvalue weighted by Crippen LogP contribution is -2.39. The molecule has 0 atom stereocenters. The van der Waals surface area contributed by atoms with E-state index in [1.807, 2.05) is 39.1 Å². The molecule has 2 aromatic rings. The lowest BCUT2D eigenvalue weighted by molar-refractivity contribution is 0.0874. The molecule has 0 saturated heterocycles. The molecule has 0 spiro atoms. The van der Waals surface area contributed by atoms with Crippen molar-refractivity contribution in [1.29, 1.82) is 0 Å². The minimum atomic E-state index is -0.750. The number of hydrogen-bond acceptors (Lipinski definition) is 4. The van der Waals surface area contributed by atoms with Crippen LogP contribution >= 0.6 is 0 Å².